The number of nitrogens with zero attached hydrogens (tertiary/aromatic N) is 2. The summed E-state index contributed by atoms with van der Waals surface area (Å²) >= 11 is 0. The van der Waals surface area contributed by atoms with Crippen molar-refractivity contribution in [2.45, 2.75) is 0 Å². The zero-order valence-electron chi connectivity index (χ0n) is 14.0. The maximum absolute atomic E-state index is 12.4. The minimum atomic E-state index is -0.596. The van der Waals surface area contributed by atoms with Crippen LogP contribution in [0.2, 0.25) is 0 Å². The first kappa shape index (κ1) is 15.3. The summed E-state index contributed by atoms with van der Waals surface area (Å²) in [7, 11) is 0. The van der Waals surface area contributed by atoms with Gasteiger partial charge in [-0.2, -0.15) is 0 Å². The van der Waals surface area contributed by atoms with Gasteiger partial charge >= 0.3 is 5.97 Å². The van der Waals surface area contributed by atoms with Gasteiger partial charge in [0.05, 0.1) is 0 Å². The molecule has 3 aromatic heterocycles. The Morgan fingerprint density at radius 2 is 1.81 bits per heavy atom. The largest absolute Gasteiger partial charge is 0.456 e. The molecule has 5 aromatic rings. The molecular formula is C21H12N2O4. The lowest BCUT2D eigenvalue weighted by Gasteiger charge is -2.01. The van der Waals surface area contributed by atoms with Gasteiger partial charge in [0.2, 0.25) is 0 Å². The van der Waals surface area contributed by atoms with E-state index in [2.05, 4.69) is 10.1 Å². The van der Waals surface area contributed by atoms with Crippen LogP contribution in [0.4, 0.5) is 0 Å². The molecule has 6 heteroatoms. The summed E-state index contributed by atoms with van der Waals surface area (Å²) in [5, 5.41) is 5.64. The summed E-state index contributed by atoms with van der Waals surface area (Å²) in [6.45, 7) is 0. The lowest BCUT2D eigenvalue weighted by atomic mass is 10.1. The fourth-order valence-corrected chi connectivity index (χ4v) is 2.94. The maximum atomic E-state index is 12.4. The second kappa shape index (κ2) is 6.10. The third-order valence-corrected chi connectivity index (χ3v) is 4.22. The van der Waals surface area contributed by atoms with Gasteiger partial charge in [0.25, 0.3) is 0 Å². The Balaban J connectivity index is 1.44. The Bertz CT molecular complexity index is 1270. The van der Waals surface area contributed by atoms with E-state index < -0.39 is 5.97 Å². The van der Waals surface area contributed by atoms with E-state index >= 15 is 0 Å². The highest BCUT2D eigenvalue weighted by atomic mass is 16.5. The number of para-hydroxylation sites is 1. The van der Waals surface area contributed by atoms with E-state index in [1.54, 1.807) is 36.7 Å². The molecule has 0 amide bonds. The number of carbonyl (C=O) groups excluding carboxylic acids is 1. The molecule has 0 N–H and O–H groups in total. The van der Waals surface area contributed by atoms with Gasteiger partial charge in [-0.25, -0.2) is 4.79 Å². The van der Waals surface area contributed by atoms with E-state index in [0.29, 0.717) is 11.5 Å². The standard InChI is InChI=1S/C21H12N2O4/c24-21(17-11-20(27-23-17)13-4-3-9-22-12-13)25-14-7-8-19-16(10-14)15-5-1-2-6-18(15)26-19/h1-12H. The molecule has 6 nitrogen and oxygen atoms in total. The molecule has 0 unspecified atom stereocenters. The van der Waals surface area contributed by atoms with Gasteiger partial charge in [0.15, 0.2) is 11.5 Å². The lowest BCUT2D eigenvalue weighted by Crippen LogP contribution is -2.08. The maximum Gasteiger partial charge on any atom is 0.365 e. The quantitative estimate of drug-likeness (QED) is 0.339. The van der Waals surface area contributed by atoms with Crippen LogP contribution >= 0.6 is 0 Å². The first-order valence-corrected chi connectivity index (χ1v) is 8.28. The van der Waals surface area contributed by atoms with Gasteiger partial charge in [-0.15, -0.1) is 0 Å². The Morgan fingerprint density at radius 3 is 2.70 bits per heavy atom. The summed E-state index contributed by atoms with van der Waals surface area (Å²) in [6, 6.07) is 18.1. The Hall–Kier alpha value is -3.93. The highest BCUT2D eigenvalue weighted by Gasteiger charge is 2.17. The van der Waals surface area contributed by atoms with E-state index in [4.69, 9.17) is 13.7 Å². The molecule has 0 radical (unpaired) electrons. The third-order valence-electron chi connectivity index (χ3n) is 4.22. The first-order chi connectivity index (χ1) is 13.3. The monoisotopic (exact) mass is 356 g/mol. The van der Waals surface area contributed by atoms with E-state index in [1.807, 2.05) is 30.3 Å². The number of aromatic nitrogens is 2. The number of rotatable bonds is 3. The second-order valence-electron chi connectivity index (χ2n) is 5.96. The average Bonchev–Trinajstić information content (AvgIpc) is 3.34. The van der Waals surface area contributed by atoms with Crippen LogP contribution in [0.25, 0.3) is 33.3 Å². The van der Waals surface area contributed by atoms with Gasteiger partial charge in [-0.3, -0.25) is 4.98 Å². The molecule has 0 bridgehead atoms. The normalized spacial score (nSPS) is 11.1. The number of esters is 1. The van der Waals surface area contributed by atoms with E-state index in [0.717, 1.165) is 27.5 Å². The number of carbonyl (C=O) groups is 1. The summed E-state index contributed by atoms with van der Waals surface area (Å²) in [5.74, 6) is 0.261. The number of fused-ring (bicyclic) bond motifs is 3. The van der Waals surface area contributed by atoms with Crippen LogP contribution in [0, 0.1) is 0 Å². The van der Waals surface area contributed by atoms with Crippen LogP contribution < -0.4 is 4.74 Å². The summed E-state index contributed by atoms with van der Waals surface area (Å²) in [6.07, 6.45) is 3.29. The minimum absolute atomic E-state index is 0.0889. The number of benzene rings is 2. The minimum Gasteiger partial charge on any atom is -0.456 e. The molecule has 0 saturated carbocycles. The number of hydrogen-bond acceptors (Lipinski definition) is 6. The van der Waals surface area contributed by atoms with Gasteiger partial charge < -0.3 is 13.7 Å². The molecule has 0 aliphatic carbocycles. The summed E-state index contributed by atoms with van der Waals surface area (Å²) < 4.78 is 16.5. The molecule has 0 aliphatic rings. The summed E-state index contributed by atoms with van der Waals surface area (Å²) in [4.78, 5) is 16.4. The van der Waals surface area contributed by atoms with Crippen LogP contribution in [-0.4, -0.2) is 16.1 Å². The van der Waals surface area contributed by atoms with Crippen LogP contribution in [0.15, 0.2) is 82.0 Å². The zero-order valence-corrected chi connectivity index (χ0v) is 14.0. The average molecular weight is 356 g/mol. The van der Waals surface area contributed by atoms with Crippen LogP contribution in [0.1, 0.15) is 10.5 Å². The van der Waals surface area contributed by atoms with E-state index in [9.17, 15) is 4.79 Å². The number of ether oxygens (including phenoxy) is 1. The number of pyridine rings is 1. The zero-order chi connectivity index (χ0) is 18.2. The molecule has 0 spiro atoms. The first-order valence-electron chi connectivity index (χ1n) is 8.28. The highest BCUT2D eigenvalue weighted by Crippen LogP contribution is 2.31. The van der Waals surface area contributed by atoms with Crippen molar-refractivity contribution in [1.29, 1.82) is 0 Å². The van der Waals surface area contributed by atoms with Crippen LogP contribution in [-0.2, 0) is 0 Å². The molecule has 0 aliphatic heterocycles. The second-order valence-corrected chi connectivity index (χ2v) is 5.96. The molecule has 5 rings (SSSR count). The van der Waals surface area contributed by atoms with Crippen molar-refractivity contribution in [3.63, 3.8) is 0 Å². The van der Waals surface area contributed by atoms with Crippen LogP contribution in [0.5, 0.6) is 5.75 Å². The Labute approximate surface area is 153 Å². The van der Waals surface area contributed by atoms with Gasteiger partial charge in [0.1, 0.15) is 16.9 Å². The third kappa shape index (κ3) is 2.73. The predicted octanol–water partition coefficient (Wildman–Crippen LogP) is 4.86. The van der Waals surface area contributed by atoms with Crippen molar-refractivity contribution in [3.8, 4) is 17.1 Å². The lowest BCUT2D eigenvalue weighted by molar-refractivity contribution is 0.0724. The molecular weight excluding hydrogens is 344 g/mol. The van der Waals surface area contributed by atoms with Gasteiger partial charge in [-0.05, 0) is 36.4 Å². The van der Waals surface area contributed by atoms with Crippen molar-refractivity contribution in [1.82, 2.24) is 10.1 Å². The molecule has 27 heavy (non-hydrogen) atoms. The van der Waals surface area contributed by atoms with Crippen molar-refractivity contribution < 1.29 is 18.5 Å². The van der Waals surface area contributed by atoms with E-state index in [-0.39, 0.29) is 5.69 Å². The molecule has 0 saturated heterocycles. The molecule has 3 heterocycles. The Morgan fingerprint density at radius 1 is 0.926 bits per heavy atom. The molecule has 2 aromatic carbocycles. The van der Waals surface area contributed by atoms with Crippen molar-refractivity contribution in [3.05, 3.63) is 78.8 Å². The van der Waals surface area contributed by atoms with Crippen molar-refractivity contribution in [2.75, 3.05) is 0 Å². The summed E-state index contributed by atoms with van der Waals surface area (Å²) in [5.41, 5.74) is 2.34. The molecule has 130 valence electrons. The highest BCUT2D eigenvalue weighted by molar-refractivity contribution is 6.05. The smallest absolute Gasteiger partial charge is 0.365 e. The predicted molar refractivity (Wildman–Crippen MR) is 98.4 cm³/mol. The SMILES string of the molecule is O=C(Oc1ccc2oc3ccccc3c2c1)c1cc(-c2cccnc2)on1. The van der Waals surface area contributed by atoms with Crippen molar-refractivity contribution in [2.24, 2.45) is 0 Å². The fourth-order valence-electron chi connectivity index (χ4n) is 2.94. The Kier molecular flexibility index (Phi) is 3.47. The van der Waals surface area contributed by atoms with Crippen LogP contribution in [0.3, 0.4) is 0 Å². The van der Waals surface area contributed by atoms with Crippen molar-refractivity contribution >= 4 is 27.9 Å². The fraction of sp³-hybridized carbons (Fsp3) is 0. The molecule has 0 fully saturated rings. The van der Waals surface area contributed by atoms with Gasteiger partial charge in [-0.1, -0.05) is 23.4 Å². The van der Waals surface area contributed by atoms with Gasteiger partial charge in [0, 0.05) is 34.8 Å². The van der Waals surface area contributed by atoms with E-state index in [1.165, 1.54) is 6.07 Å². The molecule has 0 atom stereocenters. The number of hydrogen-bond donors (Lipinski definition) is 0. The number of furan rings is 1. The topological polar surface area (TPSA) is 78.4 Å².